The lowest BCUT2D eigenvalue weighted by Gasteiger charge is -2.40. The fraction of sp³-hybridized carbons (Fsp3) is 0.632. The first kappa shape index (κ1) is 16.1. The third-order valence-corrected chi connectivity index (χ3v) is 5.65. The predicted octanol–water partition coefficient (Wildman–Crippen LogP) is 1.27. The third kappa shape index (κ3) is 3.34. The van der Waals surface area contributed by atoms with Crippen LogP contribution in [0.25, 0.3) is 0 Å². The summed E-state index contributed by atoms with van der Waals surface area (Å²) in [6.45, 7) is 7.46. The van der Waals surface area contributed by atoms with Crippen LogP contribution >= 0.6 is 0 Å². The smallest absolute Gasteiger partial charge is 0.253 e. The van der Waals surface area contributed by atoms with Crippen LogP contribution in [0.5, 0.6) is 0 Å². The molecule has 5 heteroatoms. The molecule has 0 saturated carbocycles. The molecule has 24 heavy (non-hydrogen) atoms. The van der Waals surface area contributed by atoms with Gasteiger partial charge in [0.25, 0.3) is 5.91 Å². The Bertz CT molecular complexity index is 590. The molecule has 1 N–H and O–H groups in total. The second-order valence-electron chi connectivity index (χ2n) is 7.08. The van der Waals surface area contributed by atoms with Crippen LogP contribution in [0.4, 0.5) is 0 Å². The van der Waals surface area contributed by atoms with Crippen molar-refractivity contribution in [3.8, 4) is 0 Å². The molecule has 0 aliphatic carbocycles. The van der Waals surface area contributed by atoms with Crippen LogP contribution in [0.1, 0.15) is 34.3 Å². The lowest BCUT2D eigenvalue weighted by Crippen LogP contribution is -2.50. The molecule has 0 unspecified atom stereocenters. The van der Waals surface area contributed by atoms with Crippen LogP contribution in [-0.2, 0) is 17.7 Å². The minimum atomic E-state index is 0.205. The number of ether oxygens (including phenoxy) is 1. The number of amides is 1. The molecule has 4 rings (SSSR count). The van der Waals surface area contributed by atoms with E-state index >= 15 is 0 Å². The quantitative estimate of drug-likeness (QED) is 0.887. The number of rotatable bonds is 2. The Morgan fingerprint density at radius 1 is 1.08 bits per heavy atom. The maximum absolute atomic E-state index is 12.8. The van der Waals surface area contributed by atoms with Crippen molar-refractivity contribution in [3.63, 3.8) is 0 Å². The first-order chi connectivity index (χ1) is 11.8. The average molecular weight is 329 g/mol. The number of nitrogens with one attached hydrogen (secondary N) is 1. The number of morpholine rings is 1. The Balaban J connectivity index is 1.37. The Morgan fingerprint density at radius 3 is 2.67 bits per heavy atom. The molecule has 2 fully saturated rings. The zero-order chi connectivity index (χ0) is 16.4. The molecule has 0 atom stereocenters. The van der Waals surface area contributed by atoms with Crippen molar-refractivity contribution in [1.82, 2.24) is 15.1 Å². The summed E-state index contributed by atoms with van der Waals surface area (Å²) in [6.07, 6.45) is 3.19. The van der Waals surface area contributed by atoms with Gasteiger partial charge in [0, 0.05) is 44.3 Å². The van der Waals surface area contributed by atoms with Crippen LogP contribution in [0, 0.1) is 0 Å². The third-order valence-electron chi connectivity index (χ3n) is 5.65. The summed E-state index contributed by atoms with van der Waals surface area (Å²) in [5.74, 6) is 0.205. The Kier molecular flexibility index (Phi) is 4.83. The van der Waals surface area contributed by atoms with E-state index in [1.54, 1.807) is 0 Å². The molecular weight excluding hydrogens is 302 g/mol. The normalized spacial score (nSPS) is 23.1. The zero-order valence-electron chi connectivity index (χ0n) is 14.3. The SMILES string of the molecule is O=C(c1ccc2c(c1)CCNC2)N1CCC(N2CCOCC2)CC1. The van der Waals surface area contributed by atoms with E-state index in [0.717, 1.165) is 77.3 Å². The zero-order valence-corrected chi connectivity index (χ0v) is 14.3. The van der Waals surface area contributed by atoms with Crippen molar-refractivity contribution in [3.05, 3.63) is 34.9 Å². The Hall–Kier alpha value is -1.43. The first-order valence-corrected chi connectivity index (χ1v) is 9.25. The molecule has 2 saturated heterocycles. The van der Waals surface area contributed by atoms with Gasteiger partial charge in [-0.1, -0.05) is 6.07 Å². The van der Waals surface area contributed by atoms with Crippen LogP contribution in [0.3, 0.4) is 0 Å². The van der Waals surface area contributed by atoms with Gasteiger partial charge in [0.1, 0.15) is 0 Å². The number of benzene rings is 1. The van der Waals surface area contributed by atoms with Gasteiger partial charge in [0.05, 0.1) is 13.2 Å². The van der Waals surface area contributed by atoms with E-state index in [0.29, 0.717) is 6.04 Å². The van der Waals surface area contributed by atoms with Crippen LogP contribution in [-0.4, -0.2) is 67.7 Å². The molecule has 1 aromatic carbocycles. The van der Waals surface area contributed by atoms with Gasteiger partial charge in [-0.2, -0.15) is 0 Å². The van der Waals surface area contributed by atoms with Gasteiger partial charge < -0.3 is 15.0 Å². The molecule has 0 aromatic heterocycles. The summed E-state index contributed by atoms with van der Waals surface area (Å²) in [6, 6.07) is 6.86. The van der Waals surface area contributed by atoms with E-state index in [2.05, 4.69) is 22.3 Å². The molecule has 1 amide bonds. The molecule has 1 aromatic rings. The van der Waals surface area contributed by atoms with Crippen LogP contribution < -0.4 is 5.32 Å². The molecule has 0 bridgehead atoms. The number of carbonyl (C=O) groups excluding carboxylic acids is 1. The van der Waals surface area contributed by atoms with Gasteiger partial charge in [-0.15, -0.1) is 0 Å². The van der Waals surface area contributed by atoms with Gasteiger partial charge >= 0.3 is 0 Å². The molecule has 0 radical (unpaired) electrons. The molecule has 3 heterocycles. The van der Waals surface area contributed by atoms with Gasteiger partial charge in [0.15, 0.2) is 0 Å². The number of hydrogen-bond donors (Lipinski definition) is 1. The summed E-state index contributed by atoms with van der Waals surface area (Å²) in [5.41, 5.74) is 3.53. The number of likely N-dealkylation sites (tertiary alicyclic amines) is 1. The predicted molar refractivity (Wildman–Crippen MR) is 93.2 cm³/mol. The molecule has 130 valence electrons. The molecule has 3 aliphatic heterocycles. The van der Waals surface area contributed by atoms with Crippen molar-refractivity contribution < 1.29 is 9.53 Å². The van der Waals surface area contributed by atoms with E-state index in [-0.39, 0.29) is 5.91 Å². The monoisotopic (exact) mass is 329 g/mol. The standard InChI is InChI=1S/C19H27N3O2/c23-19(16-1-2-17-14-20-6-3-15(17)13-16)22-7-4-18(5-8-22)21-9-11-24-12-10-21/h1-2,13,18,20H,3-12,14H2. The van der Waals surface area contributed by atoms with Crippen LogP contribution in [0.15, 0.2) is 18.2 Å². The molecule has 5 nitrogen and oxygen atoms in total. The maximum Gasteiger partial charge on any atom is 0.253 e. The highest BCUT2D eigenvalue weighted by Crippen LogP contribution is 2.21. The first-order valence-electron chi connectivity index (χ1n) is 9.25. The number of carbonyl (C=O) groups is 1. The van der Waals surface area contributed by atoms with E-state index in [1.165, 1.54) is 11.1 Å². The topological polar surface area (TPSA) is 44.8 Å². The highest BCUT2D eigenvalue weighted by Gasteiger charge is 2.28. The van der Waals surface area contributed by atoms with Crippen molar-refractivity contribution >= 4 is 5.91 Å². The number of piperidine rings is 1. The summed E-state index contributed by atoms with van der Waals surface area (Å²) >= 11 is 0. The fourth-order valence-corrected chi connectivity index (χ4v) is 4.17. The fourth-order valence-electron chi connectivity index (χ4n) is 4.17. The highest BCUT2D eigenvalue weighted by molar-refractivity contribution is 5.94. The highest BCUT2D eigenvalue weighted by atomic mass is 16.5. The minimum Gasteiger partial charge on any atom is -0.379 e. The summed E-state index contributed by atoms with van der Waals surface area (Å²) in [7, 11) is 0. The van der Waals surface area contributed by atoms with E-state index in [9.17, 15) is 4.79 Å². The van der Waals surface area contributed by atoms with Gasteiger partial charge in [0.2, 0.25) is 0 Å². The number of hydrogen-bond acceptors (Lipinski definition) is 4. The van der Waals surface area contributed by atoms with Crippen molar-refractivity contribution in [2.24, 2.45) is 0 Å². The second-order valence-corrected chi connectivity index (χ2v) is 7.08. The Labute approximate surface area is 144 Å². The van der Waals surface area contributed by atoms with Gasteiger partial charge in [-0.25, -0.2) is 0 Å². The van der Waals surface area contributed by atoms with E-state index < -0.39 is 0 Å². The largest absolute Gasteiger partial charge is 0.379 e. The number of nitrogens with zero attached hydrogens (tertiary/aromatic N) is 2. The van der Waals surface area contributed by atoms with Crippen LogP contribution in [0.2, 0.25) is 0 Å². The molecular formula is C19H27N3O2. The van der Waals surface area contributed by atoms with Gasteiger partial charge in [-0.05, 0) is 49.1 Å². The average Bonchev–Trinajstić information content (AvgIpc) is 2.68. The second kappa shape index (κ2) is 7.21. The van der Waals surface area contributed by atoms with Gasteiger partial charge in [-0.3, -0.25) is 9.69 Å². The summed E-state index contributed by atoms with van der Waals surface area (Å²) in [4.78, 5) is 17.4. The van der Waals surface area contributed by atoms with Crippen molar-refractivity contribution in [2.75, 3.05) is 45.9 Å². The summed E-state index contributed by atoms with van der Waals surface area (Å²) in [5, 5.41) is 3.38. The lowest BCUT2D eigenvalue weighted by atomic mass is 9.97. The van der Waals surface area contributed by atoms with Crippen molar-refractivity contribution in [1.29, 1.82) is 0 Å². The molecule has 3 aliphatic rings. The Morgan fingerprint density at radius 2 is 1.88 bits per heavy atom. The van der Waals surface area contributed by atoms with E-state index in [1.807, 2.05) is 11.0 Å². The number of fused-ring (bicyclic) bond motifs is 1. The lowest BCUT2D eigenvalue weighted by molar-refractivity contribution is 0.00159. The minimum absolute atomic E-state index is 0.205. The van der Waals surface area contributed by atoms with Crippen molar-refractivity contribution in [2.45, 2.75) is 31.8 Å². The maximum atomic E-state index is 12.8. The van der Waals surface area contributed by atoms with E-state index in [4.69, 9.17) is 4.74 Å². The summed E-state index contributed by atoms with van der Waals surface area (Å²) < 4.78 is 5.44. The molecule has 0 spiro atoms.